The zero-order chi connectivity index (χ0) is 22.7. The van der Waals surface area contributed by atoms with Crippen molar-refractivity contribution in [3.05, 3.63) is 86.7 Å². The Hall–Kier alpha value is -2.51. The molecule has 162 valence electrons. The molecule has 0 unspecified atom stereocenters. The van der Waals surface area contributed by atoms with Crippen molar-refractivity contribution in [2.75, 3.05) is 7.11 Å². The standard InChI is InChI=1S/C24H17Cl2NO3S2/c1-29-20-10-15(16-8-18(25)12-19(26)9-16)7-17(11-21-23(28)27-24(31)32-21)22(20)30-13-14-5-3-2-4-6-14/h2-12H,13H2,1H3,(H,27,28,31). The molecule has 1 aliphatic heterocycles. The van der Waals surface area contributed by atoms with Crippen LogP contribution in [0.2, 0.25) is 10.0 Å². The molecule has 3 aromatic rings. The monoisotopic (exact) mass is 501 g/mol. The SMILES string of the molecule is COc1cc(-c2cc(Cl)cc(Cl)c2)cc(C=C2SC(=S)NC2=O)c1OCc1ccccc1. The largest absolute Gasteiger partial charge is 0.493 e. The zero-order valence-corrected chi connectivity index (χ0v) is 20.0. The zero-order valence-electron chi connectivity index (χ0n) is 16.9. The molecule has 0 bridgehead atoms. The molecule has 4 nitrogen and oxygen atoms in total. The lowest BCUT2D eigenvalue weighted by atomic mass is 10.0. The van der Waals surface area contributed by atoms with E-state index in [2.05, 4.69) is 5.32 Å². The maximum absolute atomic E-state index is 12.3. The van der Waals surface area contributed by atoms with Crippen LogP contribution in [0.25, 0.3) is 17.2 Å². The van der Waals surface area contributed by atoms with Crippen LogP contribution in [-0.4, -0.2) is 17.3 Å². The third-order valence-corrected chi connectivity index (χ3v) is 6.25. The number of benzene rings is 3. The van der Waals surface area contributed by atoms with Crippen LogP contribution in [0.1, 0.15) is 11.1 Å². The number of thiocarbonyl (C=S) groups is 1. The summed E-state index contributed by atoms with van der Waals surface area (Å²) in [6, 6.07) is 18.9. The van der Waals surface area contributed by atoms with Gasteiger partial charge in [-0.1, -0.05) is 77.5 Å². The number of halogens is 2. The van der Waals surface area contributed by atoms with E-state index in [0.717, 1.165) is 16.7 Å². The highest BCUT2D eigenvalue weighted by Gasteiger charge is 2.24. The topological polar surface area (TPSA) is 47.6 Å². The van der Waals surface area contributed by atoms with Crippen LogP contribution in [0.5, 0.6) is 11.5 Å². The van der Waals surface area contributed by atoms with E-state index in [1.807, 2.05) is 54.6 Å². The van der Waals surface area contributed by atoms with Crippen molar-refractivity contribution in [3.63, 3.8) is 0 Å². The molecular weight excluding hydrogens is 485 g/mol. The molecule has 0 radical (unpaired) electrons. The lowest BCUT2D eigenvalue weighted by molar-refractivity contribution is -0.115. The molecule has 1 heterocycles. The van der Waals surface area contributed by atoms with Gasteiger partial charge in [0, 0.05) is 15.6 Å². The average Bonchev–Trinajstić information content (AvgIpc) is 3.08. The van der Waals surface area contributed by atoms with Crippen LogP contribution >= 0.6 is 47.2 Å². The smallest absolute Gasteiger partial charge is 0.263 e. The lowest BCUT2D eigenvalue weighted by Crippen LogP contribution is -2.17. The Morgan fingerprint density at radius 3 is 2.34 bits per heavy atom. The molecule has 0 saturated carbocycles. The molecule has 1 N–H and O–H groups in total. The number of hydrogen-bond donors (Lipinski definition) is 1. The molecule has 1 saturated heterocycles. The first-order chi connectivity index (χ1) is 15.4. The van der Waals surface area contributed by atoms with Crippen molar-refractivity contribution >= 4 is 63.5 Å². The van der Waals surface area contributed by atoms with Crippen molar-refractivity contribution in [2.24, 2.45) is 0 Å². The minimum Gasteiger partial charge on any atom is -0.493 e. The van der Waals surface area contributed by atoms with Gasteiger partial charge in [-0.25, -0.2) is 0 Å². The fraction of sp³-hybridized carbons (Fsp3) is 0.0833. The van der Waals surface area contributed by atoms with Crippen molar-refractivity contribution in [2.45, 2.75) is 6.61 Å². The molecule has 3 aromatic carbocycles. The first-order valence-electron chi connectivity index (χ1n) is 9.53. The second-order valence-corrected chi connectivity index (χ2v) is 9.47. The fourth-order valence-electron chi connectivity index (χ4n) is 3.22. The minimum absolute atomic E-state index is 0.246. The van der Waals surface area contributed by atoms with Crippen LogP contribution in [0, 0.1) is 0 Å². The quantitative estimate of drug-likeness (QED) is 0.299. The predicted molar refractivity (Wildman–Crippen MR) is 136 cm³/mol. The van der Waals surface area contributed by atoms with Gasteiger partial charge in [-0.3, -0.25) is 4.79 Å². The Bertz CT molecular complexity index is 1210. The Kier molecular flexibility index (Phi) is 7.06. The Morgan fingerprint density at radius 1 is 1.03 bits per heavy atom. The highest BCUT2D eigenvalue weighted by atomic mass is 35.5. The molecule has 1 aliphatic rings. The summed E-state index contributed by atoms with van der Waals surface area (Å²) in [6.45, 7) is 0.341. The molecule has 1 fully saturated rings. The number of thioether (sulfide) groups is 1. The van der Waals surface area contributed by atoms with Gasteiger partial charge in [0.15, 0.2) is 11.5 Å². The number of rotatable bonds is 6. The number of carbonyl (C=O) groups excluding carboxylic acids is 1. The van der Waals surface area contributed by atoms with Gasteiger partial charge < -0.3 is 14.8 Å². The van der Waals surface area contributed by atoms with Crippen LogP contribution in [0.3, 0.4) is 0 Å². The second kappa shape index (κ2) is 9.96. The lowest BCUT2D eigenvalue weighted by Gasteiger charge is -2.16. The third kappa shape index (κ3) is 5.27. The maximum atomic E-state index is 12.3. The molecule has 32 heavy (non-hydrogen) atoms. The number of hydrogen-bond acceptors (Lipinski definition) is 5. The Morgan fingerprint density at radius 2 is 1.72 bits per heavy atom. The summed E-state index contributed by atoms with van der Waals surface area (Å²) in [5.41, 5.74) is 3.31. The molecule has 8 heteroatoms. The molecule has 1 amide bonds. The highest BCUT2D eigenvalue weighted by molar-refractivity contribution is 8.26. The van der Waals surface area contributed by atoms with Crippen molar-refractivity contribution in [3.8, 4) is 22.6 Å². The molecule has 0 spiro atoms. The van der Waals surface area contributed by atoms with Gasteiger partial charge in [-0.15, -0.1) is 0 Å². The summed E-state index contributed by atoms with van der Waals surface area (Å²) in [5.74, 6) is 0.795. The number of ether oxygens (including phenoxy) is 2. The second-order valence-electron chi connectivity index (χ2n) is 6.88. The summed E-state index contributed by atoms with van der Waals surface area (Å²) in [4.78, 5) is 12.8. The van der Waals surface area contributed by atoms with Crippen LogP contribution < -0.4 is 14.8 Å². The fourth-order valence-corrected chi connectivity index (χ4v) is 4.78. The summed E-state index contributed by atoms with van der Waals surface area (Å²) in [6.07, 6.45) is 1.75. The third-order valence-electron chi connectivity index (χ3n) is 4.65. The Balaban J connectivity index is 1.82. The van der Waals surface area contributed by atoms with Gasteiger partial charge in [-0.05, 0) is 53.1 Å². The van der Waals surface area contributed by atoms with Gasteiger partial charge in [-0.2, -0.15) is 0 Å². The van der Waals surface area contributed by atoms with E-state index >= 15 is 0 Å². The van der Waals surface area contributed by atoms with Crippen molar-refractivity contribution in [1.82, 2.24) is 5.32 Å². The van der Waals surface area contributed by atoms with Crippen LogP contribution in [-0.2, 0) is 11.4 Å². The van der Waals surface area contributed by atoms with Crippen LogP contribution in [0.15, 0.2) is 65.6 Å². The number of carbonyl (C=O) groups is 1. The summed E-state index contributed by atoms with van der Waals surface area (Å²) >= 11 is 18.8. The molecule has 0 aliphatic carbocycles. The van der Waals surface area contributed by atoms with Gasteiger partial charge in [0.25, 0.3) is 5.91 Å². The van der Waals surface area contributed by atoms with Gasteiger partial charge in [0.1, 0.15) is 10.9 Å². The Labute approximate surface area is 205 Å². The van der Waals surface area contributed by atoms with Crippen LogP contribution in [0.4, 0.5) is 0 Å². The highest BCUT2D eigenvalue weighted by Crippen LogP contribution is 2.40. The first kappa shape index (κ1) is 22.7. The van der Waals surface area contributed by atoms with Gasteiger partial charge in [0.2, 0.25) is 0 Å². The van der Waals surface area contributed by atoms with E-state index in [0.29, 0.717) is 42.9 Å². The molecule has 4 rings (SSSR count). The molecule has 0 aromatic heterocycles. The van der Waals surface area contributed by atoms with E-state index in [9.17, 15) is 4.79 Å². The number of nitrogens with one attached hydrogen (secondary N) is 1. The summed E-state index contributed by atoms with van der Waals surface area (Å²) in [5, 5.41) is 3.67. The first-order valence-corrected chi connectivity index (χ1v) is 11.5. The van der Waals surface area contributed by atoms with Gasteiger partial charge in [0.05, 0.1) is 12.0 Å². The minimum atomic E-state index is -0.246. The van der Waals surface area contributed by atoms with E-state index in [-0.39, 0.29) is 5.91 Å². The molecule has 0 atom stereocenters. The summed E-state index contributed by atoms with van der Waals surface area (Å²) < 4.78 is 12.2. The van der Waals surface area contributed by atoms with E-state index in [4.69, 9.17) is 44.9 Å². The van der Waals surface area contributed by atoms with E-state index < -0.39 is 0 Å². The number of methoxy groups -OCH3 is 1. The van der Waals surface area contributed by atoms with Crippen molar-refractivity contribution in [1.29, 1.82) is 0 Å². The van der Waals surface area contributed by atoms with E-state index in [1.54, 1.807) is 19.3 Å². The summed E-state index contributed by atoms with van der Waals surface area (Å²) in [7, 11) is 1.57. The van der Waals surface area contributed by atoms with Crippen molar-refractivity contribution < 1.29 is 14.3 Å². The average molecular weight is 502 g/mol. The number of amides is 1. The van der Waals surface area contributed by atoms with E-state index in [1.165, 1.54) is 11.8 Å². The normalized spacial score (nSPS) is 14.5. The van der Waals surface area contributed by atoms with Gasteiger partial charge >= 0.3 is 0 Å². The predicted octanol–water partition coefficient (Wildman–Crippen LogP) is 6.74. The maximum Gasteiger partial charge on any atom is 0.263 e. The molecular formula is C24H17Cl2NO3S2.